The predicted molar refractivity (Wildman–Crippen MR) is 143 cm³/mol. The molecular formula is C29H34F3N3O5. The number of anilines is 1. The van der Waals surface area contributed by atoms with Crippen molar-refractivity contribution in [1.29, 1.82) is 0 Å². The zero-order chi connectivity index (χ0) is 29.1. The molecule has 1 saturated heterocycles. The predicted octanol–water partition coefficient (Wildman–Crippen LogP) is 5.26. The average molecular weight is 562 g/mol. The van der Waals surface area contributed by atoms with E-state index in [1.54, 1.807) is 36.4 Å². The van der Waals surface area contributed by atoms with E-state index in [0.29, 0.717) is 48.8 Å². The summed E-state index contributed by atoms with van der Waals surface area (Å²) in [4.78, 5) is 48.6. The highest BCUT2D eigenvalue weighted by molar-refractivity contribution is 6.04. The van der Waals surface area contributed by atoms with Gasteiger partial charge in [0.15, 0.2) is 0 Å². The van der Waals surface area contributed by atoms with Crippen LogP contribution in [0.1, 0.15) is 72.1 Å². The van der Waals surface area contributed by atoms with Crippen molar-refractivity contribution in [2.45, 2.75) is 63.6 Å². The molecule has 1 aliphatic carbocycles. The van der Waals surface area contributed by atoms with E-state index in [4.69, 9.17) is 9.90 Å². The molecule has 0 aromatic heterocycles. The molecule has 40 heavy (non-hydrogen) atoms. The van der Waals surface area contributed by atoms with Crippen molar-refractivity contribution in [2.75, 3.05) is 18.4 Å². The lowest BCUT2D eigenvalue weighted by molar-refractivity contribution is -0.192. The smallest absolute Gasteiger partial charge is 0.475 e. The molecule has 2 aromatic rings. The molecule has 2 aromatic carbocycles. The number of rotatable bonds is 5. The molecule has 216 valence electrons. The Morgan fingerprint density at radius 2 is 1.32 bits per heavy atom. The quantitative estimate of drug-likeness (QED) is 0.431. The minimum absolute atomic E-state index is 0.00659. The highest BCUT2D eigenvalue weighted by Crippen LogP contribution is 2.22. The molecule has 0 radical (unpaired) electrons. The molecule has 0 unspecified atom stereocenters. The Labute approximate surface area is 230 Å². The minimum Gasteiger partial charge on any atom is -0.475 e. The second kappa shape index (κ2) is 14.5. The molecule has 1 aliphatic heterocycles. The van der Waals surface area contributed by atoms with Gasteiger partial charge in [-0.15, -0.1) is 0 Å². The van der Waals surface area contributed by atoms with Gasteiger partial charge in [0, 0.05) is 41.9 Å². The summed E-state index contributed by atoms with van der Waals surface area (Å²) in [6, 6.07) is 16.3. The summed E-state index contributed by atoms with van der Waals surface area (Å²) < 4.78 is 31.7. The van der Waals surface area contributed by atoms with E-state index in [-0.39, 0.29) is 23.6 Å². The van der Waals surface area contributed by atoms with Gasteiger partial charge in [-0.2, -0.15) is 13.2 Å². The Kier molecular flexibility index (Phi) is 11.1. The molecular weight excluding hydrogens is 527 g/mol. The molecule has 2 aliphatic rings. The zero-order valence-electron chi connectivity index (χ0n) is 22.1. The lowest BCUT2D eigenvalue weighted by Crippen LogP contribution is -2.45. The number of benzene rings is 2. The SMILES string of the molecule is O=C(Nc1ccc(C(=O)N2CCC(C(=O)NC3CCCCCC3)CC2)cc1)c1ccccc1.O=C(O)C(F)(F)F. The summed E-state index contributed by atoms with van der Waals surface area (Å²) >= 11 is 0. The van der Waals surface area contributed by atoms with Gasteiger partial charge in [0.2, 0.25) is 5.91 Å². The second-order valence-corrected chi connectivity index (χ2v) is 9.96. The fourth-order valence-electron chi connectivity index (χ4n) is 4.76. The van der Waals surface area contributed by atoms with Crippen molar-refractivity contribution in [2.24, 2.45) is 5.92 Å². The summed E-state index contributed by atoms with van der Waals surface area (Å²) in [6.07, 6.45) is 3.44. The van der Waals surface area contributed by atoms with E-state index >= 15 is 0 Å². The van der Waals surface area contributed by atoms with E-state index in [2.05, 4.69) is 10.6 Å². The Morgan fingerprint density at radius 1 is 0.775 bits per heavy atom. The average Bonchev–Trinajstić information content (AvgIpc) is 3.22. The Bertz CT molecular complexity index is 1140. The lowest BCUT2D eigenvalue weighted by atomic mass is 9.94. The van der Waals surface area contributed by atoms with E-state index in [0.717, 1.165) is 12.8 Å². The highest BCUT2D eigenvalue weighted by Gasteiger charge is 2.38. The van der Waals surface area contributed by atoms with Crippen molar-refractivity contribution in [3.8, 4) is 0 Å². The molecule has 0 atom stereocenters. The van der Waals surface area contributed by atoms with Gasteiger partial charge in [-0.1, -0.05) is 43.9 Å². The number of nitrogens with zero attached hydrogens (tertiary/aromatic N) is 1. The molecule has 4 rings (SSSR count). The van der Waals surface area contributed by atoms with Gasteiger partial charge in [0.25, 0.3) is 11.8 Å². The van der Waals surface area contributed by atoms with Crippen molar-refractivity contribution in [3.63, 3.8) is 0 Å². The molecule has 3 amide bonds. The van der Waals surface area contributed by atoms with E-state index < -0.39 is 12.1 Å². The van der Waals surface area contributed by atoms with Crippen LogP contribution in [0, 0.1) is 5.92 Å². The van der Waals surface area contributed by atoms with Crippen LogP contribution in [0.3, 0.4) is 0 Å². The van der Waals surface area contributed by atoms with Crippen LogP contribution in [-0.4, -0.2) is 59.0 Å². The van der Waals surface area contributed by atoms with Crippen molar-refractivity contribution < 1.29 is 37.5 Å². The highest BCUT2D eigenvalue weighted by atomic mass is 19.4. The minimum atomic E-state index is -5.08. The number of carbonyl (C=O) groups excluding carboxylic acids is 3. The number of carboxylic acid groups (broad SMARTS) is 1. The summed E-state index contributed by atoms with van der Waals surface area (Å²) in [5.41, 5.74) is 1.83. The van der Waals surface area contributed by atoms with Gasteiger partial charge in [-0.3, -0.25) is 14.4 Å². The number of nitrogens with one attached hydrogen (secondary N) is 2. The first-order chi connectivity index (χ1) is 19.0. The normalized spacial score (nSPS) is 16.6. The number of piperidine rings is 1. The van der Waals surface area contributed by atoms with Crippen molar-refractivity contribution >= 4 is 29.4 Å². The fourth-order valence-corrected chi connectivity index (χ4v) is 4.76. The molecule has 2 fully saturated rings. The molecule has 8 nitrogen and oxygen atoms in total. The van der Waals surface area contributed by atoms with Gasteiger partial charge < -0.3 is 20.6 Å². The number of halogens is 3. The molecule has 0 bridgehead atoms. The number of aliphatic carboxylic acids is 1. The number of hydrogen-bond acceptors (Lipinski definition) is 4. The number of hydrogen-bond donors (Lipinski definition) is 3. The van der Waals surface area contributed by atoms with Crippen LogP contribution in [0.2, 0.25) is 0 Å². The monoisotopic (exact) mass is 561 g/mol. The van der Waals surface area contributed by atoms with Gasteiger partial charge >= 0.3 is 12.1 Å². The van der Waals surface area contributed by atoms with Gasteiger partial charge in [0.1, 0.15) is 0 Å². The molecule has 0 spiro atoms. The number of amides is 3. The van der Waals surface area contributed by atoms with Crippen LogP contribution < -0.4 is 10.6 Å². The number of alkyl halides is 3. The largest absolute Gasteiger partial charge is 0.490 e. The first kappa shape index (κ1) is 30.6. The van der Waals surface area contributed by atoms with Crippen LogP contribution in [0.4, 0.5) is 18.9 Å². The van der Waals surface area contributed by atoms with E-state index in [1.165, 1.54) is 25.7 Å². The molecule has 1 heterocycles. The maximum atomic E-state index is 12.9. The van der Waals surface area contributed by atoms with Crippen molar-refractivity contribution in [3.05, 3.63) is 65.7 Å². The number of carboxylic acids is 1. The topological polar surface area (TPSA) is 116 Å². The van der Waals surface area contributed by atoms with Crippen LogP contribution in [0.5, 0.6) is 0 Å². The van der Waals surface area contributed by atoms with Gasteiger partial charge in [0.05, 0.1) is 0 Å². The Hall–Kier alpha value is -3.89. The lowest BCUT2D eigenvalue weighted by Gasteiger charge is -2.32. The summed E-state index contributed by atoms with van der Waals surface area (Å²) in [6.45, 7) is 1.18. The van der Waals surface area contributed by atoms with Crippen LogP contribution >= 0.6 is 0 Å². The third-order valence-corrected chi connectivity index (χ3v) is 7.02. The first-order valence-electron chi connectivity index (χ1n) is 13.4. The third kappa shape index (κ3) is 9.39. The summed E-state index contributed by atoms with van der Waals surface area (Å²) in [5.74, 6) is -2.81. The Balaban J connectivity index is 0.000000559. The number of likely N-dealkylation sites (tertiary alicyclic amines) is 1. The van der Waals surface area contributed by atoms with Crippen LogP contribution in [-0.2, 0) is 9.59 Å². The third-order valence-electron chi connectivity index (χ3n) is 7.02. The maximum absolute atomic E-state index is 12.9. The van der Waals surface area contributed by atoms with E-state index in [1.807, 2.05) is 23.1 Å². The van der Waals surface area contributed by atoms with Gasteiger partial charge in [-0.25, -0.2) is 4.79 Å². The van der Waals surface area contributed by atoms with Crippen LogP contribution in [0.25, 0.3) is 0 Å². The number of carbonyl (C=O) groups is 4. The Morgan fingerprint density at radius 3 is 1.85 bits per heavy atom. The summed E-state index contributed by atoms with van der Waals surface area (Å²) in [7, 11) is 0. The summed E-state index contributed by atoms with van der Waals surface area (Å²) in [5, 5.41) is 13.2. The fraction of sp³-hybridized carbons (Fsp3) is 0.448. The standard InChI is InChI=1S/C27H33N3O3.C2HF3O2/c31-25(20-8-4-3-5-9-20)29-24-14-12-22(13-15-24)27(33)30-18-16-21(17-19-30)26(32)28-23-10-6-1-2-7-11-23;3-2(4,5)1(6)7/h3-5,8-9,12-15,21,23H,1-2,6-7,10-11,16-19H2,(H,28,32)(H,29,31);(H,6,7). The molecule has 1 saturated carbocycles. The first-order valence-corrected chi connectivity index (χ1v) is 13.4. The van der Waals surface area contributed by atoms with Crippen LogP contribution in [0.15, 0.2) is 54.6 Å². The molecule has 3 N–H and O–H groups in total. The maximum Gasteiger partial charge on any atom is 0.490 e. The zero-order valence-corrected chi connectivity index (χ0v) is 22.1. The van der Waals surface area contributed by atoms with Crippen molar-refractivity contribution in [1.82, 2.24) is 10.2 Å². The second-order valence-electron chi connectivity index (χ2n) is 9.96. The van der Waals surface area contributed by atoms with Gasteiger partial charge in [-0.05, 0) is 62.1 Å². The molecule has 11 heteroatoms. The van der Waals surface area contributed by atoms with E-state index in [9.17, 15) is 27.6 Å².